The number of hydrogen-bond donors (Lipinski definition) is 0. The SMILES string of the molecule is C=CCOS(=O)(=O)CC(F)CCCCCCCCCF. The van der Waals surface area contributed by atoms with Crippen molar-refractivity contribution in [3.63, 3.8) is 0 Å². The number of rotatable bonds is 14. The molecule has 0 spiro atoms. The van der Waals surface area contributed by atoms with Crippen molar-refractivity contribution in [1.29, 1.82) is 0 Å². The zero-order valence-electron chi connectivity index (χ0n) is 12.0. The van der Waals surface area contributed by atoms with E-state index in [0.717, 1.165) is 32.1 Å². The van der Waals surface area contributed by atoms with Crippen molar-refractivity contribution in [3.05, 3.63) is 12.7 Å². The van der Waals surface area contributed by atoms with Gasteiger partial charge in [0, 0.05) is 0 Å². The average molecular weight is 312 g/mol. The summed E-state index contributed by atoms with van der Waals surface area (Å²) in [5, 5.41) is 0. The highest BCUT2D eigenvalue weighted by Gasteiger charge is 2.18. The van der Waals surface area contributed by atoms with E-state index in [1.54, 1.807) is 0 Å². The maximum Gasteiger partial charge on any atom is 0.270 e. The van der Waals surface area contributed by atoms with Crippen LogP contribution in [0.5, 0.6) is 0 Å². The van der Waals surface area contributed by atoms with Gasteiger partial charge in [0.1, 0.15) is 11.9 Å². The summed E-state index contributed by atoms with van der Waals surface area (Å²) in [5.74, 6) is -0.586. The Hall–Kier alpha value is -0.490. The zero-order chi connectivity index (χ0) is 15.3. The standard InChI is InChI=1S/C14H26F2O3S/c1-2-12-19-20(17,18)13-14(16)10-8-6-4-3-5-7-9-11-15/h2,14H,1,3-13H2. The molecule has 0 aliphatic carbocycles. The van der Waals surface area contributed by atoms with Crippen molar-refractivity contribution in [2.45, 2.75) is 57.5 Å². The van der Waals surface area contributed by atoms with Crippen LogP contribution >= 0.6 is 0 Å². The predicted octanol–water partition coefficient (Wildman–Crippen LogP) is 3.95. The maximum atomic E-state index is 13.5. The van der Waals surface area contributed by atoms with Gasteiger partial charge in [0.25, 0.3) is 10.1 Å². The fraction of sp³-hybridized carbons (Fsp3) is 0.857. The summed E-state index contributed by atoms with van der Waals surface area (Å²) in [7, 11) is -3.78. The smallest absolute Gasteiger partial charge is 0.266 e. The molecule has 0 N–H and O–H groups in total. The first-order valence-corrected chi connectivity index (χ1v) is 8.77. The number of hydrogen-bond acceptors (Lipinski definition) is 3. The summed E-state index contributed by atoms with van der Waals surface area (Å²) in [6.45, 7) is 2.96. The van der Waals surface area contributed by atoms with Crippen molar-refractivity contribution in [3.8, 4) is 0 Å². The minimum absolute atomic E-state index is 0.117. The van der Waals surface area contributed by atoms with Crippen LogP contribution in [0.1, 0.15) is 51.4 Å². The van der Waals surface area contributed by atoms with Gasteiger partial charge in [-0.3, -0.25) is 8.57 Å². The van der Waals surface area contributed by atoms with E-state index in [4.69, 9.17) is 0 Å². The highest BCUT2D eigenvalue weighted by Crippen LogP contribution is 2.13. The molecule has 0 aliphatic rings. The number of halogens is 2. The minimum atomic E-state index is -3.78. The molecular weight excluding hydrogens is 286 g/mol. The van der Waals surface area contributed by atoms with Crippen molar-refractivity contribution in [2.24, 2.45) is 0 Å². The molecule has 0 aliphatic heterocycles. The van der Waals surface area contributed by atoms with Gasteiger partial charge in [0.05, 0.1) is 13.3 Å². The molecule has 20 heavy (non-hydrogen) atoms. The van der Waals surface area contributed by atoms with Crippen LogP contribution in [0.25, 0.3) is 0 Å². The van der Waals surface area contributed by atoms with Gasteiger partial charge in [0.15, 0.2) is 0 Å². The van der Waals surface area contributed by atoms with E-state index in [1.165, 1.54) is 6.08 Å². The van der Waals surface area contributed by atoms with Gasteiger partial charge in [-0.25, -0.2) is 4.39 Å². The number of unbranched alkanes of at least 4 members (excludes halogenated alkanes) is 6. The van der Waals surface area contributed by atoms with E-state index in [0.29, 0.717) is 12.8 Å². The van der Waals surface area contributed by atoms with Gasteiger partial charge in [-0.1, -0.05) is 44.6 Å². The second-order valence-corrected chi connectivity index (χ2v) is 6.53. The molecule has 0 radical (unpaired) electrons. The van der Waals surface area contributed by atoms with E-state index in [2.05, 4.69) is 10.8 Å². The van der Waals surface area contributed by atoms with Gasteiger partial charge in [0.2, 0.25) is 0 Å². The molecule has 0 aromatic carbocycles. The highest BCUT2D eigenvalue weighted by molar-refractivity contribution is 7.86. The molecule has 6 heteroatoms. The van der Waals surface area contributed by atoms with Crippen molar-refractivity contribution < 1.29 is 21.4 Å². The average Bonchev–Trinajstić information content (AvgIpc) is 2.39. The first kappa shape index (κ1) is 19.5. The van der Waals surface area contributed by atoms with E-state index >= 15 is 0 Å². The lowest BCUT2D eigenvalue weighted by Gasteiger charge is -2.08. The third kappa shape index (κ3) is 12.5. The van der Waals surface area contributed by atoms with E-state index in [-0.39, 0.29) is 19.7 Å². The first-order chi connectivity index (χ1) is 9.52. The maximum absolute atomic E-state index is 13.5. The molecule has 0 saturated carbocycles. The Bertz CT molecular complexity index is 331. The summed E-state index contributed by atoms with van der Waals surface area (Å²) < 4.78 is 52.4. The van der Waals surface area contributed by atoms with Crippen LogP contribution < -0.4 is 0 Å². The van der Waals surface area contributed by atoms with E-state index in [1.807, 2.05) is 0 Å². The fourth-order valence-electron chi connectivity index (χ4n) is 1.85. The van der Waals surface area contributed by atoms with Crippen LogP contribution in [0.4, 0.5) is 8.78 Å². The summed E-state index contributed by atoms with van der Waals surface area (Å²) in [4.78, 5) is 0. The summed E-state index contributed by atoms with van der Waals surface area (Å²) in [6, 6.07) is 0. The third-order valence-electron chi connectivity index (χ3n) is 2.90. The molecule has 120 valence electrons. The van der Waals surface area contributed by atoms with Gasteiger partial charge in [-0.2, -0.15) is 8.42 Å². The number of alkyl halides is 2. The minimum Gasteiger partial charge on any atom is -0.266 e. The molecular formula is C14H26F2O3S. The van der Waals surface area contributed by atoms with E-state index < -0.39 is 22.0 Å². The van der Waals surface area contributed by atoms with Gasteiger partial charge in [-0.05, 0) is 12.8 Å². The zero-order valence-corrected chi connectivity index (χ0v) is 12.8. The van der Waals surface area contributed by atoms with Crippen LogP contribution in [0.2, 0.25) is 0 Å². The Morgan fingerprint density at radius 2 is 1.60 bits per heavy atom. The lowest BCUT2D eigenvalue weighted by Crippen LogP contribution is -2.19. The molecule has 0 fully saturated rings. The molecule has 0 bridgehead atoms. The van der Waals surface area contributed by atoms with Crippen LogP contribution in [0, 0.1) is 0 Å². The summed E-state index contributed by atoms with van der Waals surface area (Å²) in [6.07, 6.45) is 6.26. The first-order valence-electron chi connectivity index (χ1n) is 7.20. The Morgan fingerprint density at radius 1 is 1.05 bits per heavy atom. The van der Waals surface area contributed by atoms with Gasteiger partial charge < -0.3 is 0 Å². The Morgan fingerprint density at radius 3 is 2.15 bits per heavy atom. The van der Waals surface area contributed by atoms with Crippen molar-refractivity contribution >= 4 is 10.1 Å². The molecule has 1 unspecified atom stereocenters. The Labute approximate surface area is 121 Å². The molecule has 0 aromatic rings. The van der Waals surface area contributed by atoms with Gasteiger partial charge >= 0.3 is 0 Å². The molecule has 0 heterocycles. The van der Waals surface area contributed by atoms with Crippen LogP contribution in [-0.2, 0) is 14.3 Å². The van der Waals surface area contributed by atoms with Crippen LogP contribution in [0.3, 0.4) is 0 Å². The molecule has 0 amide bonds. The van der Waals surface area contributed by atoms with E-state index in [9.17, 15) is 17.2 Å². The monoisotopic (exact) mass is 312 g/mol. The molecule has 1 atom stereocenters. The molecule has 0 saturated heterocycles. The van der Waals surface area contributed by atoms with Crippen LogP contribution in [-0.4, -0.2) is 33.6 Å². The van der Waals surface area contributed by atoms with Crippen molar-refractivity contribution in [2.75, 3.05) is 19.0 Å². The van der Waals surface area contributed by atoms with Gasteiger partial charge in [-0.15, -0.1) is 6.58 Å². The second-order valence-electron chi connectivity index (χ2n) is 4.85. The topological polar surface area (TPSA) is 43.4 Å². The fourth-order valence-corrected chi connectivity index (χ4v) is 2.86. The van der Waals surface area contributed by atoms with Crippen molar-refractivity contribution in [1.82, 2.24) is 0 Å². The third-order valence-corrected chi connectivity index (χ3v) is 4.17. The lowest BCUT2D eigenvalue weighted by molar-refractivity contribution is 0.307. The largest absolute Gasteiger partial charge is 0.270 e. The Balaban J connectivity index is 3.53. The lowest BCUT2D eigenvalue weighted by atomic mass is 10.1. The second kappa shape index (κ2) is 12.3. The molecule has 3 nitrogen and oxygen atoms in total. The summed E-state index contributed by atoms with van der Waals surface area (Å²) in [5.41, 5.74) is 0. The van der Waals surface area contributed by atoms with Crippen LogP contribution in [0.15, 0.2) is 12.7 Å². The molecule has 0 rings (SSSR count). The quantitative estimate of drug-likeness (QED) is 0.277. The highest BCUT2D eigenvalue weighted by atomic mass is 32.2. The predicted molar refractivity (Wildman–Crippen MR) is 77.7 cm³/mol. The normalized spacial score (nSPS) is 13.3. The Kier molecular flexibility index (Phi) is 12.0. The summed E-state index contributed by atoms with van der Waals surface area (Å²) >= 11 is 0. The molecule has 0 aromatic heterocycles.